The second-order valence-electron chi connectivity index (χ2n) is 2.18. The zero-order chi connectivity index (χ0) is 10.3. The Kier molecular flexibility index (Phi) is 6.08. The van der Waals surface area contributed by atoms with Crippen LogP contribution in [0.2, 0.25) is 0 Å². The van der Waals surface area contributed by atoms with E-state index >= 15 is 0 Å². The molecule has 0 aromatic heterocycles. The number of hydrogen-bond acceptors (Lipinski definition) is 4. The molecule has 8 heteroatoms. The average Bonchev–Trinajstić information content (AvgIpc) is 2.02. The number of nitrogens with two attached hydrogens (primary N) is 1. The van der Waals surface area contributed by atoms with Crippen molar-refractivity contribution < 1.29 is 13.2 Å². The summed E-state index contributed by atoms with van der Waals surface area (Å²) in [6, 6.07) is 0. The molecule has 6 nitrogen and oxygen atoms in total. The lowest BCUT2D eigenvalue weighted by Gasteiger charge is -2.06. The highest BCUT2D eigenvalue weighted by molar-refractivity contribution is 7.87. The molecule has 0 saturated heterocycles. The molecule has 13 heavy (non-hydrogen) atoms. The second-order valence-corrected chi connectivity index (χ2v) is 4.29. The molecule has 0 rings (SSSR count). The van der Waals surface area contributed by atoms with Crippen molar-refractivity contribution in [2.24, 2.45) is 5.73 Å². The molecular weight excluding hydrogens is 214 g/mol. The first-order valence-corrected chi connectivity index (χ1v) is 5.38. The van der Waals surface area contributed by atoms with Gasteiger partial charge in [-0.1, -0.05) is 12.2 Å². The van der Waals surface area contributed by atoms with Gasteiger partial charge in [0, 0.05) is 13.7 Å². The van der Waals surface area contributed by atoms with Crippen LogP contribution in [0.1, 0.15) is 0 Å². The molecule has 0 aliphatic carbocycles. The van der Waals surface area contributed by atoms with E-state index in [1.807, 2.05) is 0 Å². The van der Waals surface area contributed by atoms with Gasteiger partial charge in [0.1, 0.15) is 0 Å². The molecule has 0 saturated carbocycles. The molecule has 78 valence electrons. The Morgan fingerprint density at radius 3 is 2.62 bits per heavy atom. The van der Waals surface area contributed by atoms with Crippen molar-refractivity contribution >= 4 is 27.4 Å². The number of nitrogens with one attached hydrogen (secondary N) is 2. The highest BCUT2D eigenvalue weighted by Crippen LogP contribution is 1.76. The van der Waals surface area contributed by atoms with E-state index in [4.69, 9.17) is 5.73 Å². The van der Waals surface area contributed by atoms with Crippen LogP contribution in [0, 0.1) is 0 Å². The van der Waals surface area contributed by atoms with E-state index in [9.17, 15) is 8.42 Å². The number of methoxy groups -OCH3 is 1. The minimum atomic E-state index is -3.50. The van der Waals surface area contributed by atoms with Crippen molar-refractivity contribution in [3.8, 4) is 0 Å². The predicted molar refractivity (Wildman–Crippen MR) is 53.6 cm³/mol. The molecule has 0 amide bonds. The Bertz CT molecular complexity index is 252. The SMILES string of the molecule is COCCNS(=O)(=O)NCC(N)=S. The van der Waals surface area contributed by atoms with Gasteiger partial charge in [0.25, 0.3) is 10.2 Å². The van der Waals surface area contributed by atoms with Gasteiger partial charge in [0.15, 0.2) is 0 Å². The van der Waals surface area contributed by atoms with Crippen LogP contribution in [0.25, 0.3) is 0 Å². The molecule has 0 aliphatic heterocycles. The standard InChI is InChI=1S/C5H13N3O3S2/c1-11-3-2-7-13(9,10)8-4-5(6)12/h7-8H,2-4H2,1H3,(H2,6,12). The van der Waals surface area contributed by atoms with Crippen molar-refractivity contribution in [3.05, 3.63) is 0 Å². The van der Waals surface area contributed by atoms with Gasteiger partial charge in [-0.3, -0.25) is 0 Å². The molecule has 0 fully saturated rings. The third-order valence-electron chi connectivity index (χ3n) is 1.03. The highest BCUT2D eigenvalue weighted by atomic mass is 32.2. The topological polar surface area (TPSA) is 93.4 Å². The first-order chi connectivity index (χ1) is 5.98. The quantitative estimate of drug-likeness (QED) is 0.358. The smallest absolute Gasteiger partial charge is 0.277 e. The highest BCUT2D eigenvalue weighted by Gasteiger charge is 2.07. The molecule has 0 aromatic carbocycles. The van der Waals surface area contributed by atoms with Crippen LogP contribution in [0.4, 0.5) is 0 Å². The normalized spacial score (nSPS) is 11.5. The Balaban J connectivity index is 3.74. The van der Waals surface area contributed by atoms with Gasteiger partial charge in [-0.15, -0.1) is 0 Å². The number of ether oxygens (including phenoxy) is 1. The summed E-state index contributed by atoms with van der Waals surface area (Å²) in [5.74, 6) is 0. The van der Waals surface area contributed by atoms with Crippen molar-refractivity contribution in [3.63, 3.8) is 0 Å². The van der Waals surface area contributed by atoms with Crippen LogP contribution in [0.3, 0.4) is 0 Å². The van der Waals surface area contributed by atoms with E-state index in [-0.39, 0.29) is 18.1 Å². The Labute approximate surface area is 83.0 Å². The van der Waals surface area contributed by atoms with E-state index < -0.39 is 10.2 Å². The van der Waals surface area contributed by atoms with E-state index in [1.165, 1.54) is 7.11 Å². The van der Waals surface area contributed by atoms with Gasteiger partial charge in [-0.05, 0) is 0 Å². The Morgan fingerprint density at radius 2 is 2.15 bits per heavy atom. The fraction of sp³-hybridized carbons (Fsp3) is 0.800. The van der Waals surface area contributed by atoms with Gasteiger partial charge in [-0.2, -0.15) is 17.9 Å². The summed E-state index contributed by atoms with van der Waals surface area (Å²) in [6.45, 7) is 0.481. The Hall–Kier alpha value is -0.280. The maximum Gasteiger partial charge on any atom is 0.277 e. The van der Waals surface area contributed by atoms with Gasteiger partial charge in [-0.25, -0.2) is 0 Å². The summed E-state index contributed by atoms with van der Waals surface area (Å²) >= 11 is 4.50. The second kappa shape index (κ2) is 6.22. The summed E-state index contributed by atoms with van der Waals surface area (Å²) in [5.41, 5.74) is 5.11. The van der Waals surface area contributed by atoms with Gasteiger partial charge < -0.3 is 10.5 Å². The maximum atomic E-state index is 11.0. The van der Waals surface area contributed by atoms with E-state index in [0.29, 0.717) is 6.61 Å². The average molecular weight is 227 g/mol. The van der Waals surface area contributed by atoms with E-state index in [1.54, 1.807) is 0 Å². The van der Waals surface area contributed by atoms with Gasteiger partial charge >= 0.3 is 0 Å². The number of rotatable bonds is 7. The van der Waals surface area contributed by atoms with E-state index in [2.05, 4.69) is 26.4 Å². The molecule has 0 aliphatic rings. The van der Waals surface area contributed by atoms with Crippen molar-refractivity contribution in [2.75, 3.05) is 26.8 Å². The van der Waals surface area contributed by atoms with Crippen LogP contribution >= 0.6 is 12.2 Å². The van der Waals surface area contributed by atoms with Crippen LogP contribution in [0.15, 0.2) is 0 Å². The van der Waals surface area contributed by atoms with Crippen LogP contribution in [-0.4, -0.2) is 40.2 Å². The number of hydrogen-bond donors (Lipinski definition) is 3. The predicted octanol–water partition coefficient (Wildman–Crippen LogP) is -1.66. The van der Waals surface area contributed by atoms with Crippen LogP contribution in [0.5, 0.6) is 0 Å². The zero-order valence-electron chi connectivity index (χ0n) is 7.24. The minimum absolute atomic E-state index is 0.0440. The monoisotopic (exact) mass is 227 g/mol. The molecule has 0 spiro atoms. The lowest BCUT2D eigenvalue weighted by Crippen LogP contribution is -2.41. The van der Waals surface area contributed by atoms with Gasteiger partial charge in [0.2, 0.25) is 0 Å². The molecule has 0 heterocycles. The summed E-state index contributed by atoms with van der Waals surface area (Å²) in [7, 11) is -2.01. The first-order valence-electron chi connectivity index (χ1n) is 3.49. The molecule has 0 unspecified atom stereocenters. The van der Waals surface area contributed by atoms with Crippen LogP contribution in [-0.2, 0) is 14.9 Å². The zero-order valence-corrected chi connectivity index (χ0v) is 8.87. The fourth-order valence-corrected chi connectivity index (χ4v) is 1.46. The molecule has 0 bridgehead atoms. The lowest BCUT2D eigenvalue weighted by atomic mass is 10.7. The minimum Gasteiger partial charge on any atom is -0.392 e. The fourth-order valence-electron chi connectivity index (χ4n) is 0.495. The first kappa shape index (κ1) is 12.7. The molecule has 0 radical (unpaired) electrons. The molecule has 0 atom stereocenters. The van der Waals surface area contributed by atoms with Gasteiger partial charge in [0.05, 0.1) is 18.1 Å². The third kappa shape index (κ3) is 8.06. The summed E-state index contributed by atoms with van der Waals surface area (Å²) in [5, 5.41) is 0. The van der Waals surface area contributed by atoms with Crippen molar-refractivity contribution in [1.82, 2.24) is 9.44 Å². The summed E-state index contributed by atoms with van der Waals surface area (Å²) < 4.78 is 31.1. The number of thiocarbonyl (C=S) groups is 1. The summed E-state index contributed by atoms with van der Waals surface area (Å²) in [6.07, 6.45) is 0. The lowest BCUT2D eigenvalue weighted by molar-refractivity contribution is 0.204. The maximum absolute atomic E-state index is 11.0. The third-order valence-corrected chi connectivity index (χ3v) is 2.29. The Morgan fingerprint density at radius 1 is 1.54 bits per heavy atom. The largest absolute Gasteiger partial charge is 0.392 e. The molecule has 0 aromatic rings. The van der Waals surface area contributed by atoms with Crippen LogP contribution < -0.4 is 15.2 Å². The molecule has 4 N–H and O–H groups in total. The summed E-state index contributed by atoms with van der Waals surface area (Å²) in [4.78, 5) is 0.0946. The van der Waals surface area contributed by atoms with Crippen molar-refractivity contribution in [2.45, 2.75) is 0 Å². The van der Waals surface area contributed by atoms with E-state index in [0.717, 1.165) is 0 Å². The molecular formula is C5H13N3O3S2. The van der Waals surface area contributed by atoms with Crippen molar-refractivity contribution in [1.29, 1.82) is 0 Å².